The van der Waals surface area contributed by atoms with Gasteiger partial charge in [-0.05, 0) is 41.2 Å². The highest BCUT2D eigenvalue weighted by atomic mass is 28.5. The third-order valence-electron chi connectivity index (χ3n) is 5.31. The summed E-state index contributed by atoms with van der Waals surface area (Å²) in [5.74, 6) is 0. The zero-order valence-corrected chi connectivity index (χ0v) is 20.2. The van der Waals surface area contributed by atoms with Crippen LogP contribution >= 0.6 is 0 Å². The monoisotopic (exact) mass is 421 g/mol. The molecule has 0 aliphatic heterocycles. The Morgan fingerprint density at radius 2 is 1.18 bits per heavy atom. The van der Waals surface area contributed by atoms with Gasteiger partial charge in [-0.15, -0.1) is 0 Å². The Balaban J connectivity index is 1.97. The predicted octanol–water partition coefficient (Wildman–Crippen LogP) is 4.03. The molecule has 0 N–H and O–H groups in total. The van der Waals surface area contributed by atoms with Crippen LogP contribution in [0.4, 0.5) is 0 Å². The van der Waals surface area contributed by atoms with Gasteiger partial charge >= 0.3 is 8.56 Å². The van der Waals surface area contributed by atoms with E-state index in [0.717, 1.165) is 6.04 Å². The second-order valence-electron chi connectivity index (χ2n) is 7.39. The van der Waals surface area contributed by atoms with Gasteiger partial charge in [-0.1, -0.05) is 97.9 Å². The van der Waals surface area contributed by atoms with E-state index in [4.69, 9.17) is 8.23 Å². The molecule has 2 atom stereocenters. The van der Waals surface area contributed by atoms with E-state index in [2.05, 4.69) is 118 Å². The van der Waals surface area contributed by atoms with Crippen LogP contribution in [0.1, 0.15) is 6.92 Å². The summed E-state index contributed by atoms with van der Waals surface area (Å²) in [7, 11) is -5.91. The van der Waals surface area contributed by atoms with Crippen LogP contribution in [-0.2, 0) is 8.23 Å². The Morgan fingerprint density at radius 3 is 1.68 bits per heavy atom. The lowest BCUT2D eigenvalue weighted by atomic mass is 10.4. The van der Waals surface area contributed by atoms with Gasteiger partial charge < -0.3 is 8.23 Å². The van der Waals surface area contributed by atoms with Crippen molar-refractivity contribution in [1.82, 2.24) is 0 Å². The van der Waals surface area contributed by atoms with Crippen LogP contribution in [0, 0.1) is 0 Å². The fraction of sp³-hybridized carbons (Fsp3) is 0.217. The molecule has 0 saturated heterocycles. The fourth-order valence-corrected chi connectivity index (χ4v) is 15.0. The SMILES string of the molecule is CC[Si](C)(O[Si](C)(O[Si](C)c1ccccc1)c1ccccc1)c1ccccc1. The third kappa shape index (κ3) is 4.79. The topological polar surface area (TPSA) is 18.5 Å². The van der Waals surface area contributed by atoms with Crippen molar-refractivity contribution >= 4 is 41.5 Å². The van der Waals surface area contributed by atoms with Gasteiger partial charge in [0.2, 0.25) is 17.4 Å². The number of benzene rings is 3. The van der Waals surface area contributed by atoms with E-state index in [-0.39, 0.29) is 0 Å². The molecule has 0 aromatic heterocycles. The van der Waals surface area contributed by atoms with Crippen molar-refractivity contribution in [2.45, 2.75) is 32.6 Å². The lowest BCUT2D eigenvalue weighted by Crippen LogP contribution is -2.64. The summed E-state index contributed by atoms with van der Waals surface area (Å²) < 4.78 is 14.0. The van der Waals surface area contributed by atoms with Crippen LogP contribution < -0.4 is 15.6 Å². The molecule has 0 saturated carbocycles. The molecule has 5 heteroatoms. The summed E-state index contributed by atoms with van der Waals surface area (Å²) >= 11 is 0. The Morgan fingerprint density at radius 1 is 0.714 bits per heavy atom. The maximum atomic E-state index is 7.12. The van der Waals surface area contributed by atoms with Crippen LogP contribution in [0.25, 0.3) is 0 Å². The summed E-state index contributed by atoms with van der Waals surface area (Å²) in [6.45, 7) is 9.02. The number of hydrogen-bond acceptors (Lipinski definition) is 2. The summed E-state index contributed by atoms with van der Waals surface area (Å²) in [4.78, 5) is 0. The molecule has 0 fully saturated rings. The fourth-order valence-electron chi connectivity index (χ4n) is 3.46. The average Bonchev–Trinajstić information content (AvgIpc) is 2.75. The van der Waals surface area contributed by atoms with Crippen molar-refractivity contribution in [1.29, 1.82) is 0 Å². The maximum absolute atomic E-state index is 7.12. The summed E-state index contributed by atoms with van der Waals surface area (Å²) in [5, 5.41) is 3.82. The second kappa shape index (κ2) is 9.15. The molecule has 2 nitrogen and oxygen atoms in total. The molecular formula is C23H29O2Si3. The minimum absolute atomic E-state index is 1.02. The van der Waals surface area contributed by atoms with E-state index in [0.29, 0.717) is 0 Å². The summed E-state index contributed by atoms with van der Waals surface area (Å²) in [6, 6.07) is 32.9. The van der Waals surface area contributed by atoms with Crippen molar-refractivity contribution < 1.29 is 8.23 Å². The number of rotatable bonds is 8. The Kier molecular flexibility index (Phi) is 6.85. The second-order valence-corrected chi connectivity index (χ2v) is 16.9. The molecule has 0 bridgehead atoms. The van der Waals surface area contributed by atoms with Gasteiger partial charge in [0, 0.05) is 0 Å². The van der Waals surface area contributed by atoms with Crippen molar-refractivity contribution in [2.75, 3.05) is 0 Å². The van der Waals surface area contributed by atoms with Gasteiger partial charge in [-0.3, -0.25) is 0 Å². The van der Waals surface area contributed by atoms with Crippen molar-refractivity contribution in [2.24, 2.45) is 0 Å². The smallest absolute Gasteiger partial charge is 0.349 e. The predicted molar refractivity (Wildman–Crippen MR) is 126 cm³/mol. The minimum atomic E-state index is -2.60. The molecule has 3 aromatic carbocycles. The van der Waals surface area contributed by atoms with Gasteiger partial charge in [0.25, 0.3) is 0 Å². The first-order valence-electron chi connectivity index (χ1n) is 9.86. The molecule has 28 heavy (non-hydrogen) atoms. The van der Waals surface area contributed by atoms with Crippen LogP contribution in [0.3, 0.4) is 0 Å². The third-order valence-corrected chi connectivity index (χ3v) is 16.9. The molecule has 0 aliphatic rings. The zero-order chi connectivity index (χ0) is 20.0. The summed E-state index contributed by atoms with van der Waals surface area (Å²) in [6.07, 6.45) is 0. The standard InChI is InChI=1S/C23H29O2Si3/c1-5-27(3,22-17-11-7-12-18-22)25-28(4,23-19-13-8-14-20-23)24-26(2)21-15-9-6-10-16-21/h6-20H,5H2,1-4H3. The maximum Gasteiger partial charge on any atom is 0.349 e. The largest absolute Gasteiger partial charge is 0.429 e. The van der Waals surface area contributed by atoms with E-state index in [9.17, 15) is 0 Å². The van der Waals surface area contributed by atoms with Gasteiger partial charge in [0.15, 0.2) is 0 Å². The first-order valence-corrected chi connectivity index (χ1v) is 16.7. The highest BCUT2D eigenvalue weighted by Crippen LogP contribution is 2.21. The molecule has 1 radical (unpaired) electrons. The first kappa shape index (κ1) is 21.0. The lowest BCUT2D eigenvalue weighted by Gasteiger charge is -2.39. The molecule has 0 amide bonds. The van der Waals surface area contributed by atoms with Crippen LogP contribution in [0.5, 0.6) is 0 Å². The molecule has 2 unspecified atom stereocenters. The van der Waals surface area contributed by atoms with E-state index in [1.165, 1.54) is 15.6 Å². The quantitative estimate of drug-likeness (QED) is 0.511. The Labute approximate surface area is 173 Å². The Hall–Kier alpha value is -1.77. The minimum Gasteiger partial charge on any atom is -0.429 e. The van der Waals surface area contributed by atoms with Crippen LogP contribution in [-0.4, -0.2) is 25.9 Å². The van der Waals surface area contributed by atoms with Crippen LogP contribution in [0.15, 0.2) is 91.0 Å². The van der Waals surface area contributed by atoms with Crippen molar-refractivity contribution in [3.63, 3.8) is 0 Å². The van der Waals surface area contributed by atoms with Gasteiger partial charge in [0.1, 0.15) is 0 Å². The molecular weight excluding hydrogens is 393 g/mol. The molecule has 3 aromatic rings. The van der Waals surface area contributed by atoms with Gasteiger partial charge in [-0.2, -0.15) is 0 Å². The lowest BCUT2D eigenvalue weighted by molar-refractivity contribution is 0.416. The Bertz CT molecular complexity index is 861. The van der Waals surface area contributed by atoms with Crippen molar-refractivity contribution in [3.8, 4) is 0 Å². The van der Waals surface area contributed by atoms with Crippen molar-refractivity contribution in [3.05, 3.63) is 91.0 Å². The molecule has 3 rings (SSSR count). The first-order chi connectivity index (χ1) is 13.5. The van der Waals surface area contributed by atoms with Crippen LogP contribution in [0.2, 0.25) is 25.7 Å². The van der Waals surface area contributed by atoms with E-state index >= 15 is 0 Å². The van der Waals surface area contributed by atoms with Gasteiger partial charge in [-0.25, -0.2) is 0 Å². The average molecular weight is 422 g/mol. The molecule has 0 spiro atoms. The van der Waals surface area contributed by atoms with E-state index in [1.54, 1.807) is 0 Å². The molecule has 0 aliphatic carbocycles. The highest BCUT2D eigenvalue weighted by molar-refractivity contribution is 6.97. The summed E-state index contributed by atoms with van der Waals surface area (Å²) in [5.41, 5.74) is 0. The van der Waals surface area contributed by atoms with E-state index < -0.39 is 25.9 Å². The zero-order valence-electron chi connectivity index (χ0n) is 17.2. The molecule has 145 valence electrons. The highest BCUT2D eigenvalue weighted by Gasteiger charge is 2.44. The number of hydrogen-bond donors (Lipinski definition) is 0. The normalized spacial score (nSPS) is 15.8. The van der Waals surface area contributed by atoms with Gasteiger partial charge in [0.05, 0.1) is 0 Å². The molecule has 0 heterocycles. The van der Waals surface area contributed by atoms with E-state index in [1.807, 2.05) is 0 Å².